The second-order valence-corrected chi connectivity index (χ2v) is 6.53. The molecule has 1 aromatic rings. The topological polar surface area (TPSA) is 12.9 Å². The highest BCUT2D eigenvalue weighted by atomic mass is 19.3. The maximum Gasteiger partial charge on any atom is 0.273 e. The van der Waals surface area contributed by atoms with Gasteiger partial charge < -0.3 is 0 Å². The molecule has 1 nitrogen and oxygen atoms in total. The Labute approximate surface area is 108 Å². The quantitative estimate of drug-likeness (QED) is 0.716. The van der Waals surface area contributed by atoms with Crippen LogP contribution in [0.15, 0.2) is 6.07 Å². The number of fused-ring (bicyclic) bond motifs is 1. The molecule has 0 N–H and O–H groups in total. The molecular weight excluding hydrogens is 232 g/mol. The molecule has 3 heteroatoms. The van der Waals surface area contributed by atoms with E-state index < -0.39 is 5.92 Å². The molecule has 0 atom stereocenters. The summed E-state index contributed by atoms with van der Waals surface area (Å²) >= 11 is 0. The van der Waals surface area contributed by atoms with E-state index in [1.54, 1.807) is 6.07 Å². The second kappa shape index (κ2) is 4.01. The van der Waals surface area contributed by atoms with Crippen molar-refractivity contribution in [3.05, 3.63) is 28.6 Å². The molecule has 0 bridgehead atoms. The summed E-state index contributed by atoms with van der Waals surface area (Å²) in [5.74, 6) is -2.50. The SMILES string of the molecule is CC(C)c1cc2c(c(C(C)(C)C)n1)CCC2(F)F. The van der Waals surface area contributed by atoms with Crippen molar-refractivity contribution in [3.8, 4) is 0 Å². The fourth-order valence-corrected chi connectivity index (χ4v) is 2.50. The molecule has 1 heterocycles. The number of hydrogen-bond acceptors (Lipinski definition) is 1. The Bertz CT molecular complexity index is 470. The molecule has 0 radical (unpaired) electrons. The molecule has 0 saturated heterocycles. The monoisotopic (exact) mass is 253 g/mol. The van der Waals surface area contributed by atoms with Gasteiger partial charge in [0.25, 0.3) is 5.92 Å². The molecule has 0 saturated carbocycles. The van der Waals surface area contributed by atoms with Crippen LogP contribution in [0.3, 0.4) is 0 Å². The largest absolute Gasteiger partial charge is 0.273 e. The molecule has 1 aliphatic carbocycles. The lowest BCUT2D eigenvalue weighted by Crippen LogP contribution is -2.19. The van der Waals surface area contributed by atoms with Crippen LogP contribution in [-0.2, 0) is 17.8 Å². The first-order valence-electron chi connectivity index (χ1n) is 6.55. The molecule has 100 valence electrons. The summed E-state index contributed by atoms with van der Waals surface area (Å²) in [6.07, 6.45) is 0.370. The fraction of sp³-hybridized carbons (Fsp3) is 0.667. The summed E-state index contributed by atoms with van der Waals surface area (Å²) in [5.41, 5.74) is 2.43. The lowest BCUT2D eigenvalue weighted by molar-refractivity contribution is -0.00196. The van der Waals surface area contributed by atoms with Gasteiger partial charge in [0.15, 0.2) is 0 Å². The van der Waals surface area contributed by atoms with E-state index in [-0.39, 0.29) is 23.3 Å². The van der Waals surface area contributed by atoms with Gasteiger partial charge in [-0.05, 0) is 24.0 Å². The van der Waals surface area contributed by atoms with Crippen LogP contribution in [-0.4, -0.2) is 4.98 Å². The van der Waals surface area contributed by atoms with E-state index in [2.05, 4.69) is 4.98 Å². The first-order chi connectivity index (χ1) is 8.13. The Hall–Kier alpha value is -0.990. The van der Waals surface area contributed by atoms with Gasteiger partial charge in [0, 0.05) is 28.8 Å². The highest BCUT2D eigenvalue weighted by molar-refractivity contribution is 5.43. The van der Waals surface area contributed by atoms with Gasteiger partial charge in [-0.1, -0.05) is 34.6 Å². The normalized spacial score (nSPS) is 18.2. The molecular formula is C15H21F2N. The highest BCUT2D eigenvalue weighted by Crippen LogP contribution is 2.45. The Balaban J connectivity index is 2.69. The first-order valence-corrected chi connectivity index (χ1v) is 6.55. The fourth-order valence-electron chi connectivity index (χ4n) is 2.50. The van der Waals surface area contributed by atoms with E-state index in [0.717, 1.165) is 17.0 Å². The first kappa shape index (κ1) is 13.4. The van der Waals surface area contributed by atoms with Crippen molar-refractivity contribution in [2.45, 2.75) is 64.7 Å². The van der Waals surface area contributed by atoms with Crippen molar-refractivity contribution in [1.29, 1.82) is 0 Å². The molecule has 0 aliphatic heterocycles. The summed E-state index contributed by atoms with van der Waals surface area (Å²) in [4.78, 5) is 4.65. The number of aromatic nitrogens is 1. The van der Waals surface area contributed by atoms with Crippen LogP contribution in [0.25, 0.3) is 0 Å². The summed E-state index contributed by atoms with van der Waals surface area (Å²) in [7, 11) is 0. The Morgan fingerprint density at radius 2 is 1.89 bits per heavy atom. The van der Waals surface area contributed by atoms with Crippen LogP contribution < -0.4 is 0 Å². The number of hydrogen-bond donors (Lipinski definition) is 0. The zero-order valence-electron chi connectivity index (χ0n) is 11.8. The summed E-state index contributed by atoms with van der Waals surface area (Å²) < 4.78 is 27.8. The minimum atomic E-state index is -2.68. The van der Waals surface area contributed by atoms with Gasteiger partial charge in [-0.25, -0.2) is 8.78 Å². The van der Waals surface area contributed by atoms with Crippen molar-refractivity contribution in [2.24, 2.45) is 0 Å². The smallest absolute Gasteiger partial charge is 0.257 e. The highest BCUT2D eigenvalue weighted by Gasteiger charge is 2.42. The van der Waals surface area contributed by atoms with Crippen LogP contribution in [0.5, 0.6) is 0 Å². The predicted molar refractivity (Wildman–Crippen MR) is 69.2 cm³/mol. The number of pyridine rings is 1. The van der Waals surface area contributed by atoms with Crippen molar-refractivity contribution in [2.75, 3.05) is 0 Å². The van der Waals surface area contributed by atoms with Gasteiger partial charge in [-0.2, -0.15) is 0 Å². The van der Waals surface area contributed by atoms with Crippen molar-refractivity contribution < 1.29 is 8.78 Å². The maximum atomic E-state index is 13.9. The molecule has 0 unspecified atom stereocenters. The van der Waals surface area contributed by atoms with Gasteiger partial charge >= 0.3 is 0 Å². The number of nitrogens with zero attached hydrogens (tertiary/aromatic N) is 1. The Morgan fingerprint density at radius 1 is 1.28 bits per heavy atom. The zero-order chi connectivity index (χ0) is 13.7. The summed E-state index contributed by atoms with van der Waals surface area (Å²) in [6, 6.07) is 1.61. The lowest BCUT2D eigenvalue weighted by Gasteiger charge is -2.24. The molecule has 0 spiro atoms. The van der Waals surface area contributed by atoms with E-state index in [1.165, 1.54) is 0 Å². The number of halogens is 2. The Kier molecular flexibility index (Phi) is 2.99. The lowest BCUT2D eigenvalue weighted by atomic mass is 9.86. The average molecular weight is 253 g/mol. The number of alkyl halides is 2. The van der Waals surface area contributed by atoms with E-state index in [0.29, 0.717) is 6.42 Å². The molecule has 0 amide bonds. The van der Waals surface area contributed by atoms with Crippen LogP contribution >= 0.6 is 0 Å². The molecule has 1 aromatic heterocycles. The van der Waals surface area contributed by atoms with Crippen molar-refractivity contribution >= 4 is 0 Å². The standard InChI is InChI=1S/C15H21F2N/c1-9(2)12-8-11-10(6-7-15(11,16)17)13(18-12)14(3,4)5/h8-9H,6-7H2,1-5H3. The van der Waals surface area contributed by atoms with E-state index in [1.807, 2.05) is 34.6 Å². The number of rotatable bonds is 1. The van der Waals surface area contributed by atoms with Gasteiger partial charge in [0.1, 0.15) is 0 Å². The van der Waals surface area contributed by atoms with Crippen LogP contribution in [0, 0.1) is 0 Å². The van der Waals surface area contributed by atoms with Crippen LogP contribution in [0.1, 0.15) is 69.5 Å². The molecule has 0 aromatic carbocycles. The third-order valence-electron chi connectivity index (χ3n) is 3.53. The minimum Gasteiger partial charge on any atom is -0.257 e. The third-order valence-corrected chi connectivity index (χ3v) is 3.53. The predicted octanol–water partition coefficient (Wildman–Crippen LogP) is 4.54. The van der Waals surface area contributed by atoms with Crippen LogP contribution in [0.4, 0.5) is 8.78 Å². The van der Waals surface area contributed by atoms with Crippen molar-refractivity contribution in [3.63, 3.8) is 0 Å². The molecule has 2 rings (SSSR count). The van der Waals surface area contributed by atoms with E-state index in [4.69, 9.17) is 0 Å². The maximum absolute atomic E-state index is 13.9. The third kappa shape index (κ3) is 2.15. The van der Waals surface area contributed by atoms with Gasteiger partial charge in [0.05, 0.1) is 0 Å². The molecule has 18 heavy (non-hydrogen) atoms. The Morgan fingerprint density at radius 3 is 2.39 bits per heavy atom. The zero-order valence-corrected chi connectivity index (χ0v) is 11.8. The summed E-state index contributed by atoms with van der Waals surface area (Å²) in [5, 5.41) is 0. The van der Waals surface area contributed by atoms with Crippen molar-refractivity contribution in [1.82, 2.24) is 4.98 Å². The summed E-state index contributed by atoms with van der Waals surface area (Å²) in [6.45, 7) is 10.1. The van der Waals surface area contributed by atoms with E-state index >= 15 is 0 Å². The second-order valence-electron chi connectivity index (χ2n) is 6.53. The van der Waals surface area contributed by atoms with E-state index in [9.17, 15) is 8.78 Å². The molecule has 1 aliphatic rings. The van der Waals surface area contributed by atoms with Gasteiger partial charge in [-0.3, -0.25) is 4.98 Å². The minimum absolute atomic E-state index is 0.0748. The van der Waals surface area contributed by atoms with Crippen LogP contribution in [0.2, 0.25) is 0 Å². The average Bonchev–Trinajstić information content (AvgIpc) is 2.52. The van der Waals surface area contributed by atoms with Gasteiger partial charge in [-0.15, -0.1) is 0 Å². The van der Waals surface area contributed by atoms with Gasteiger partial charge in [0.2, 0.25) is 0 Å². The molecule has 0 fully saturated rings.